The Labute approximate surface area is 117 Å². The molecule has 0 amide bonds. The fourth-order valence-electron chi connectivity index (χ4n) is 2.27. The van der Waals surface area contributed by atoms with Crippen molar-refractivity contribution < 1.29 is 5.11 Å². The van der Waals surface area contributed by atoms with E-state index < -0.39 is 0 Å². The van der Waals surface area contributed by atoms with Crippen LogP contribution in [-0.2, 0) is 13.0 Å². The molecule has 1 aromatic rings. The van der Waals surface area contributed by atoms with Gasteiger partial charge in [0.15, 0.2) is 0 Å². The van der Waals surface area contributed by atoms with Crippen LogP contribution in [0.4, 0.5) is 0 Å². The number of rotatable bonds is 8. The summed E-state index contributed by atoms with van der Waals surface area (Å²) in [4.78, 5) is 2.14. The van der Waals surface area contributed by atoms with Gasteiger partial charge in [-0.2, -0.15) is 0 Å². The van der Waals surface area contributed by atoms with Crippen LogP contribution in [0, 0.1) is 5.92 Å². The molecule has 3 N–H and O–H groups in total. The third kappa shape index (κ3) is 6.71. The Morgan fingerprint density at radius 1 is 1.16 bits per heavy atom. The second-order valence-electron chi connectivity index (χ2n) is 5.84. The van der Waals surface area contributed by atoms with Crippen molar-refractivity contribution in [1.82, 2.24) is 4.90 Å². The lowest BCUT2D eigenvalue weighted by Gasteiger charge is -2.20. The first-order valence-electron chi connectivity index (χ1n) is 7.15. The number of hydrogen-bond donors (Lipinski definition) is 2. The van der Waals surface area contributed by atoms with E-state index in [4.69, 9.17) is 5.73 Å². The van der Waals surface area contributed by atoms with E-state index in [9.17, 15) is 5.11 Å². The molecule has 0 fully saturated rings. The molecule has 0 aliphatic carbocycles. The Bertz CT molecular complexity index is 348. The van der Waals surface area contributed by atoms with Crippen LogP contribution in [0.3, 0.4) is 0 Å². The average molecular weight is 264 g/mol. The SMILES string of the molecule is CC(C)Cc1ccc(CN(C)CC(O)CCN)cc1. The maximum Gasteiger partial charge on any atom is 0.0679 e. The molecule has 0 aliphatic rings. The number of aliphatic hydroxyl groups excluding tert-OH is 1. The first-order valence-corrected chi connectivity index (χ1v) is 7.15. The average Bonchev–Trinajstić information content (AvgIpc) is 2.31. The molecule has 1 unspecified atom stereocenters. The topological polar surface area (TPSA) is 49.5 Å². The van der Waals surface area contributed by atoms with Crippen LogP contribution in [0.5, 0.6) is 0 Å². The van der Waals surface area contributed by atoms with Crippen molar-refractivity contribution in [2.45, 2.75) is 39.3 Å². The van der Waals surface area contributed by atoms with Gasteiger partial charge in [0, 0.05) is 13.1 Å². The summed E-state index contributed by atoms with van der Waals surface area (Å²) in [6, 6.07) is 8.78. The van der Waals surface area contributed by atoms with Crippen LogP contribution in [-0.4, -0.2) is 36.2 Å². The van der Waals surface area contributed by atoms with Gasteiger partial charge in [-0.15, -0.1) is 0 Å². The minimum Gasteiger partial charge on any atom is -0.392 e. The van der Waals surface area contributed by atoms with E-state index >= 15 is 0 Å². The van der Waals surface area contributed by atoms with E-state index in [0.717, 1.165) is 13.0 Å². The molecule has 3 nitrogen and oxygen atoms in total. The Morgan fingerprint density at radius 2 is 1.74 bits per heavy atom. The number of likely N-dealkylation sites (N-methyl/N-ethyl adjacent to an activating group) is 1. The molecule has 1 rings (SSSR count). The largest absolute Gasteiger partial charge is 0.392 e. The summed E-state index contributed by atoms with van der Waals surface area (Å²) in [6.07, 6.45) is 1.47. The summed E-state index contributed by atoms with van der Waals surface area (Å²) in [6.45, 7) is 6.55. The molecule has 0 aliphatic heterocycles. The highest BCUT2D eigenvalue weighted by atomic mass is 16.3. The number of nitrogens with zero attached hydrogens (tertiary/aromatic N) is 1. The van der Waals surface area contributed by atoms with Gasteiger partial charge in [0.05, 0.1) is 6.10 Å². The highest BCUT2D eigenvalue weighted by Crippen LogP contribution is 2.11. The maximum absolute atomic E-state index is 9.72. The zero-order valence-corrected chi connectivity index (χ0v) is 12.5. The van der Waals surface area contributed by atoms with Gasteiger partial charge in [-0.05, 0) is 43.5 Å². The number of hydrogen-bond acceptors (Lipinski definition) is 3. The van der Waals surface area contributed by atoms with Gasteiger partial charge in [-0.25, -0.2) is 0 Å². The lowest BCUT2D eigenvalue weighted by molar-refractivity contribution is 0.117. The van der Waals surface area contributed by atoms with Crippen molar-refractivity contribution in [3.05, 3.63) is 35.4 Å². The highest BCUT2D eigenvalue weighted by Gasteiger charge is 2.07. The molecule has 108 valence electrons. The quantitative estimate of drug-likeness (QED) is 0.755. The number of aliphatic hydroxyl groups is 1. The summed E-state index contributed by atoms with van der Waals surface area (Å²) in [5.74, 6) is 0.694. The zero-order valence-electron chi connectivity index (χ0n) is 12.5. The van der Waals surface area contributed by atoms with Crippen LogP contribution in [0.15, 0.2) is 24.3 Å². The Hall–Kier alpha value is -0.900. The predicted molar refractivity (Wildman–Crippen MR) is 81.0 cm³/mol. The third-order valence-electron chi connectivity index (χ3n) is 3.14. The van der Waals surface area contributed by atoms with Crippen LogP contribution < -0.4 is 5.73 Å². The van der Waals surface area contributed by atoms with E-state index in [-0.39, 0.29) is 6.10 Å². The lowest BCUT2D eigenvalue weighted by atomic mass is 10.0. The Kier molecular flexibility index (Phi) is 7.06. The van der Waals surface area contributed by atoms with Gasteiger partial charge < -0.3 is 10.8 Å². The Morgan fingerprint density at radius 3 is 2.26 bits per heavy atom. The van der Waals surface area contributed by atoms with Gasteiger partial charge in [0.25, 0.3) is 0 Å². The van der Waals surface area contributed by atoms with Gasteiger partial charge in [0.2, 0.25) is 0 Å². The molecule has 0 aromatic heterocycles. The van der Waals surface area contributed by atoms with E-state index in [1.807, 2.05) is 7.05 Å². The molecule has 3 heteroatoms. The van der Waals surface area contributed by atoms with Crippen molar-refractivity contribution in [2.75, 3.05) is 20.1 Å². The van der Waals surface area contributed by atoms with Gasteiger partial charge >= 0.3 is 0 Å². The highest BCUT2D eigenvalue weighted by molar-refractivity contribution is 5.22. The second-order valence-corrected chi connectivity index (χ2v) is 5.84. The summed E-state index contributed by atoms with van der Waals surface area (Å²) >= 11 is 0. The van der Waals surface area contributed by atoms with Crippen molar-refractivity contribution in [2.24, 2.45) is 11.7 Å². The second kappa shape index (κ2) is 8.31. The minimum atomic E-state index is -0.324. The summed E-state index contributed by atoms with van der Waals surface area (Å²) in [5.41, 5.74) is 8.12. The van der Waals surface area contributed by atoms with E-state index in [0.29, 0.717) is 25.4 Å². The van der Waals surface area contributed by atoms with Crippen molar-refractivity contribution in [1.29, 1.82) is 0 Å². The molecular weight excluding hydrogens is 236 g/mol. The molecule has 0 saturated heterocycles. The van der Waals surface area contributed by atoms with Gasteiger partial charge in [0.1, 0.15) is 0 Å². The normalized spacial score (nSPS) is 13.2. The fourth-order valence-corrected chi connectivity index (χ4v) is 2.27. The van der Waals surface area contributed by atoms with E-state index in [1.54, 1.807) is 0 Å². The van der Waals surface area contributed by atoms with Gasteiger partial charge in [-0.3, -0.25) is 4.90 Å². The van der Waals surface area contributed by atoms with Crippen molar-refractivity contribution in [3.63, 3.8) is 0 Å². The molecule has 0 heterocycles. The fraction of sp³-hybridized carbons (Fsp3) is 0.625. The van der Waals surface area contributed by atoms with Crippen LogP contribution >= 0.6 is 0 Å². The summed E-state index contributed by atoms with van der Waals surface area (Å²) in [5, 5.41) is 9.72. The van der Waals surface area contributed by atoms with Crippen molar-refractivity contribution in [3.8, 4) is 0 Å². The summed E-state index contributed by atoms with van der Waals surface area (Å²) < 4.78 is 0. The van der Waals surface area contributed by atoms with Crippen LogP contribution in [0.2, 0.25) is 0 Å². The zero-order chi connectivity index (χ0) is 14.3. The molecule has 0 bridgehead atoms. The molecular formula is C16H28N2O. The minimum absolute atomic E-state index is 0.324. The lowest BCUT2D eigenvalue weighted by Crippen LogP contribution is -2.30. The first-order chi connectivity index (χ1) is 9.01. The summed E-state index contributed by atoms with van der Waals surface area (Å²) in [7, 11) is 2.03. The van der Waals surface area contributed by atoms with Crippen LogP contribution in [0.1, 0.15) is 31.4 Å². The molecule has 1 atom stereocenters. The smallest absolute Gasteiger partial charge is 0.0679 e. The molecule has 0 saturated carbocycles. The Balaban J connectivity index is 2.44. The first kappa shape index (κ1) is 16.2. The molecule has 1 aromatic carbocycles. The number of benzene rings is 1. The standard InChI is InChI=1S/C16H28N2O/c1-13(2)10-14-4-6-15(7-5-14)11-18(3)12-16(19)8-9-17/h4-7,13,16,19H,8-12,17H2,1-3H3. The number of nitrogens with two attached hydrogens (primary N) is 1. The maximum atomic E-state index is 9.72. The predicted octanol–water partition coefficient (Wildman–Crippen LogP) is 2.03. The van der Waals surface area contributed by atoms with Crippen molar-refractivity contribution >= 4 is 0 Å². The third-order valence-corrected chi connectivity index (χ3v) is 3.14. The van der Waals surface area contributed by atoms with E-state index in [1.165, 1.54) is 11.1 Å². The van der Waals surface area contributed by atoms with Crippen LogP contribution in [0.25, 0.3) is 0 Å². The van der Waals surface area contributed by atoms with Gasteiger partial charge in [-0.1, -0.05) is 38.1 Å². The van der Waals surface area contributed by atoms with E-state index in [2.05, 4.69) is 43.0 Å². The molecule has 0 spiro atoms. The molecule has 19 heavy (non-hydrogen) atoms. The monoisotopic (exact) mass is 264 g/mol. The molecule has 0 radical (unpaired) electrons.